The van der Waals surface area contributed by atoms with E-state index in [9.17, 15) is 14.4 Å². The number of nitrogens with one attached hydrogen (secondary N) is 1. The highest BCUT2D eigenvalue weighted by molar-refractivity contribution is 6.06. The summed E-state index contributed by atoms with van der Waals surface area (Å²) in [5.41, 5.74) is 5.81. The molecular formula is C15H19N3O3. The Balaban J connectivity index is 2.14. The van der Waals surface area contributed by atoms with E-state index in [4.69, 9.17) is 5.73 Å². The number of amides is 3. The third-order valence-electron chi connectivity index (χ3n) is 3.67. The van der Waals surface area contributed by atoms with Crippen LogP contribution in [0.2, 0.25) is 0 Å². The van der Waals surface area contributed by atoms with Gasteiger partial charge in [-0.3, -0.25) is 19.7 Å². The third kappa shape index (κ3) is 3.11. The fraction of sp³-hybridized carbons (Fsp3) is 0.400. The van der Waals surface area contributed by atoms with Gasteiger partial charge in [0.15, 0.2) is 0 Å². The van der Waals surface area contributed by atoms with Gasteiger partial charge >= 0.3 is 0 Å². The van der Waals surface area contributed by atoms with Gasteiger partial charge in [-0.1, -0.05) is 30.3 Å². The van der Waals surface area contributed by atoms with Crippen LogP contribution in [0.15, 0.2) is 30.3 Å². The van der Waals surface area contributed by atoms with E-state index in [0.29, 0.717) is 6.42 Å². The summed E-state index contributed by atoms with van der Waals surface area (Å²) in [4.78, 5) is 37.1. The van der Waals surface area contributed by atoms with Gasteiger partial charge in [-0.2, -0.15) is 0 Å². The maximum atomic E-state index is 12.5. The highest BCUT2D eigenvalue weighted by atomic mass is 16.2. The van der Waals surface area contributed by atoms with Crippen molar-refractivity contribution in [1.29, 1.82) is 0 Å². The molecule has 112 valence electrons. The fourth-order valence-electron chi connectivity index (χ4n) is 2.29. The van der Waals surface area contributed by atoms with Gasteiger partial charge < -0.3 is 10.6 Å². The molecule has 0 aliphatic carbocycles. The van der Waals surface area contributed by atoms with Crippen molar-refractivity contribution in [2.45, 2.75) is 31.8 Å². The lowest BCUT2D eigenvalue weighted by Gasteiger charge is -2.41. The first-order chi connectivity index (χ1) is 9.82. The van der Waals surface area contributed by atoms with Crippen molar-refractivity contribution < 1.29 is 14.4 Å². The van der Waals surface area contributed by atoms with E-state index in [2.05, 4.69) is 5.32 Å². The summed E-state index contributed by atoms with van der Waals surface area (Å²) in [6, 6.07) is 8.60. The second kappa shape index (κ2) is 5.65. The van der Waals surface area contributed by atoms with Crippen molar-refractivity contribution in [3.63, 3.8) is 0 Å². The SMILES string of the molecule is CC1(C)C(=O)NC(=O)CN1C(=O)[C@@H](N)Cc1ccccc1. The molecule has 1 atom stereocenters. The summed E-state index contributed by atoms with van der Waals surface area (Å²) in [7, 11) is 0. The molecule has 3 amide bonds. The minimum atomic E-state index is -1.08. The largest absolute Gasteiger partial charge is 0.320 e. The molecule has 1 aromatic rings. The number of carbonyl (C=O) groups excluding carboxylic acids is 3. The van der Waals surface area contributed by atoms with Crippen LogP contribution in [0.3, 0.4) is 0 Å². The van der Waals surface area contributed by atoms with Gasteiger partial charge in [-0.25, -0.2) is 0 Å². The average molecular weight is 289 g/mol. The molecule has 0 unspecified atom stereocenters. The van der Waals surface area contributed by atoms with E-state index >= 15 is 0 Å². The van der Waals surface area contributed by atoms with Crippen LogP contribution in [-0.4, -0.2) is 40.7 Å². The summed E-state index contributed by atoms with van der Waals surface area (Å²) in [5, 5.41) is 2.23. The highest BCUT2D eigenvalue weighted by Gasteiger charge is 2.44. The molecular weight excluding hydrogens is 270 g/mol. The van der Waals surface area contributed by atoms with Gasteiger partial charge in [0.25, 0.3) is 5.91 Å². The molecule has 3 N–H and O–H groups in total. The summed E-state index contributed by atoms with van der Waals surface area (Å²) < 4.78 is 0. The Labute approximate surface area is 123 Å². The molecule has 21 heavy (non-hydrogen) atoms. The van der Waals surface area contributed by atoms with Crippen molar-refractivity contribution in [3.05, 3.63) is 35.9 Å². The summed E-state index contributed by atoms with van der Waals surface area (Å²) >= 11 is 0. The number of nitrogens with two attached hydrogens (primary N) is 1. The smallest absolute Gasteiger partial charge is 0.252 e. The number of hydrogen-bond donors (Lipinski definition) is 2. The average Bonchev–Trinajstić information content (AvgIpc) is 2.43. The lowest BCUT2D eigenvalue weighted by atomic mass is 9.96. The van der Waals surface area contributed by atoms with E-state index < -0.39 is 29.3 Å². The van der Waals surface area contributed by atoms with Crippen molar-refractivity contribution in [2.75, 3.05) is 6.54 Å². The molecule has 1 aromatic carbocycles. The molecule has 2 rings (SSSR count). The molecule has 0 aromatic heterocycles. The quantitative estimate of drug-likeness (QED) is 0.755. The first-order valence-electron chi connectivity index (χ1n) is 6.77. The van der Waals surface area contributed by atoms with Gasteiger partial charge in [0.2, 0.25) is 11.8 Å². The fourth-order valence-corrected chi connectivity index (χ4v) is 2.29. The van der Waals surface area contributed by atoms with Crippen molar-refractivity contribution >= 4 is 17.7 Å². The zero-order valence-electron chi connectivity index (χ0n) is 12.1. The Morgan fingerprint density at radius 1 is 1.33 bits per heavy atom. The highest BCUT2D eigenvalue weighted by Crippen LogP contribution is 2.19. The summed E-state index contributed by atoms with van der Waals surface area (Å²) in [6.07, 6.45) is 0.363. The summed E-state index contributed by atoms with van der Waals surface area (Å²) in [6.45, 7) is 3.05. The van der Waals surface area contributed by atoms with Gasteiger partial charge in [-0.05, 0) is 25.8 Å². The summed E-state index contributed by atoms with van der Waals surface area (Å²) in [5.74, 6) is -1.37. The van der Waals surface area contributed by atoms with Gasteiger partial charge in [0.1, 0.15) is 12.1 Å². The monoisotopic (exact) mass is 289 g/mol. The number of piperazine rings is 1. The third-order valence-corrected chi connectivity index (χ3v) is 3.67. The molecule has 0 spiro atoms. The minimum absolute atomic E-state index is 0.153. The Kier molecular flexibility index (Phi) is 4.09. The van der Waals surface area contributed by atoms with Crippen LogP contribution in [0.1, 0.15) is 19.4 Å². The molecule has 1 aliphatic heterocycles. The number of benzene rings is 1. The normalized spacial score (nSPS) is 19.1. The zero-order chi connectivity index (χ0) is 15.6. The molecule has 1 fully saturated rings. The van der Waals surface area contributed by atoms with Crippen LogP contribution in [0.25, 0.3) is 0 Å². The van der Waals surface area contributed by atoms with Crippen LogP contribution >= 0.6 is 0 Å². The zero-order valence-corrected chi connectivity index (χ0v) is 12.1. The van der Waals surface area contributed by atoms with Gasteiger partial charge in [0, 0.05) is 0 Å². The van der Waals surface area contributed by atoms with E-state index in [-0.39, 0.29) is 6.54 Å². The van der Waals surface area contributed by atoms with E-state index in [1.165, 1.54) is 4.90 Å². The Morgan fingerprint density at radius 2 is 1.95 bits per heavy atom. The molecule has 1 heterocycles. The standard InChI is InChI=1S/C15H19N3O3/c1-15(2)14(21)17-12(19)9-18(15)13(20)11(16)8-10-6-4-3-5-7-10/h3-7,11H,8-9,16H2,1-2H3,(H,17,19,21)/t11-/m0/s1. The maximum absolute atomic E-state index is 12.5. The first-order valence-corrected chi connectivity index (χ1v) is 6.77. The number of carbonyl (C=O) groups is 3. The van der Waals surface area contributed by atoms with E-state index in [1.54, 1.807) is 13.8 Å². The first kappa shape index (κ1) is 15.2. The van der Waals surface area contributed by atoms with Crippen molar-refractivity contribution in [3.8, 4) is 0 Å². The Bertz CT molecular complexity index is 569. The predicted molar refractivity (Wildman–Crippen MR) is 77.1 cm³/mol. The van der Waals surface area contributed by atoms with E-state index in [1.807, 2.05) is 30.3 Å². The Hall–Kier alpha value is -2.21. The number of rotatable bonds is 3. The lowest BCUT2D eigenvalue weighted by Crippen LogP contribution is -2.67. The molecule has 1 aliphatic rings. The maximum Gasteiger partial charge on any atom is 0.252 e. The Morgan fingerprint density at radius 3 is 2.57 bits per heavy atom. The van der Waals surface area contributed by atoms with Crippen LogP contribution in [0.5, 0.6) is 0 Å². The molecule has 1 saturated heterocycles. The molecule has 0 radical (unpaired) electrons. The van der Waals surface area contributed by atoms with Crippen molar-refractivity contribution in [1.82, 2.24) is 10.2 Å². The molecule has 0 bridgehead atoms. The van der Waals surface area contributed by atoms with Gasteiger partial charge in [0.05, 0.1) is 6.04 Å². The molecule has 6 heteroatoms. The number of hydrogen-bond acceptors (Lipinski definition) is 4. The van der Waals surface area contributed by atoms with E-state index in [0.717, 1.165) is 5.56 Å². The van der Waals surface area contributed by atoms with Gasteiger partial charge in [-0.15, -0.1) is 0 Å². The topological polar surface area (TPSA) is 92.5 Å². The van der Waals surface area contributed by atoms with Crippen LogP contribution in [0.4, 0.5) is 0 Å². The van der Waals surface area contributed by atoms with Crippen LogP contribution in [0, 0.1) is 0 Å². The predicted octanol–water partition coefficient (Wildman–Crippen LogP) is -0.180. The second-order valence-electron chi connectivity index (χ2n) is 5.66. The molecule has 6 nitrogen and oxygen atoms in total. The molecule has 0 saturated carbocycles. The van der Waals surface area contributed by atoms with Crippen LogP contribution < -0.4 is 11.1 Å². The van der Waals surface area contributed by atoms with Crippen LogP contribution in [-0.2, 0) is 20.8 Å². The minimum Gasteiger partial charge on any atom is -0.320 e. The number of nitrogens with zero attached hydrogens (tertiary/aromatic N) is 1. The van der Waals surface area contributed by atoms with Crippen molar-refractivity contribution in [2.24, 2.45) is 5.73 Å². The second-order valence-corrected chi connectivity index (χ2v) is 5.66. The lowest BCUT2D eigenvalue weighted by molar-refractivity contribution is -0.156. The number of imide groups is 1.